The number of carbonyl (C=O) groups is 2. The van der Waals surface area contributed by atoms with Crippen LogP contribution in [-0.2, 0) is 14.3 Å². The third-order valence-electron chi connectivity index (χ3n) is 8.30. The summed E-state index contributed by atoms with van der Waals surface area (Å²) in [7, 11) is 1.54. The van der Waals surface area contributed by atoms with E-state index in [0.29, 0.717) is 44.1 Å². The van der Waals surface area contributed by atoms with Gasteiger partial charge in [-0.2, -0.15) is 0 Å². The number of esters is 1. The van der Waals surface area contributed by atoms with Crippen molar-refractivity contribution in [1.82, 2.24) is 4.90 Å². The zero-order valence-electron chi connectivity index (χ0n) is 21.5. The molecule has 0 atom stereocenters. The number of hydrogen-bond donors (Lipinski definition) is 0. The molecule has 2 heterocycles. The lowest BCUT2D eigenvalue weighted by Gasteiger charge is -2.56. The highest BCUT2D eigenvalue weighted by molar-refractivity contribution is 8.26. The Morgan fingerprint density at radius 3 is 2.53 bits per heavy atom. The maximum atomic E-state index is 13.5. The molecule has 200 valence electrons. The van der Waals surface area contributed by atoms with Gasteiger partial charge in [0.05, 0.1) is 18.6 Å². The standard InChI is InChI=1S/C29H31NO6S2/c1-3-34-26(31)15-35-24-13-18(4-6-23(24)33-2)22-7-5-21(36-22)14-25-28(32)30(29(37)38-25)27-19-9-16-8-17(11-19)12-20(27)10-16/h4-7,13-14,16-17,19-20,27H,3,8-12,15H2,1-2H3/b25-14-. The van der Waals surface area contributed by atoms with Crippen LogP contribution in [0, 0.1) is 23.7 Å². The maximum Gasteiger partial charge on any atom is 0.344 e. The number of benzene rings is 1. The molecule has 0 spiro atoms. The number of nitrogens with zero attached hydrogens (tertiary/aromatic N) is 1. The van der Waals surface area contributed by atoms with E-state index in [0.717, 1.165) is 17.4 Å². The number of rotatable bonds is 8. The average molecular weight is 554 g/mol. The minimum Gasteiger partial charge on any atom is -0.493 e. The maximum absolute atomic E-state index is 13.5. The second-order valence-corrected chi connectivity index (χ2v) is 12.3. The number of methoxy groups -OCH3 is 1. The lowest BCUT2D eigenvalue weighted by molar-refractivity contribution is -0.145. The van der Waals surface area contributed by atoms with Crippen LogP contribution < -0.4 is 9.47 Å². The second kappa shape index (κ2) is 10.4. The van der Waals surface area contributed by atoms with E-state index in [1.54, 1.807) is 25.1 Å². The van der Waals surface area contributed by atoms with Crippen molar-refractivity contribution >= 4 is 46.3 Å². The minimum absolute atomic E-state index is 0.00882. The number of thioether (sulfide) groups is 1. The van der Waals surface area contributed by atoms with E-state index in [9.17, 15) is 9.59 Å². The van der Waals surface area contributed by atoms with Crippen molar-refractivity contribution in [3.05, 3.63) is 41.0 Å². The van der Waals surface area contributed by atoms with Gasteiger partial charge in [0.1, 0.15) is 15.8 Å². The zero-order chi connectivity index (χ0) is 26.4. The van der Waals surface area contributed by atoms with E-state index in [1.807, 2.05) is 23.1 Å². The van der Waals surface area contributed by atoms with Crippen LogP contribution in [-0.4, -0.2) is 47.5 Å². The molecule has 4 saturated carbocycles. The molecule has 0 N–H and O–H groups in total. The number of amides is 1. The Morgan fingerprint density at radius 2 is 1.84 bits per heavy atom. The van der Waals surface area contributed by atoms with Crippen LogP contribution in [0.25, 0.3) is 17.4 Å². The predicted octanol–water partition coefficient (Wildman–Crippen LogP) is 5.92. The highest BCUT2D eigenvalue weighted by Crippen LogP contribution is 2.56. The molecule has 1 amide bonds. The van der Waals surface area contributed by atoms with Crippen molar-refractivity contribution < 1.29 is 28.2 Å². The molecule has 1 aromatic heterocycles. The molecule has 38 heavy (non-hydrogen) atoms. The number of thiocarbonyl (C=S) groups is 1. The number of hydrogen-bond acceptors (Lipinski definition) is 8. The van der Waals surface area contributed by atoms with Gasteiger partial charge in [-0.1, -0.05) is 24.0 Å². The van der Waals surface area contributed by atoms with Crippen LogP contribution in [0.3, 0.4) is 0 Å². The summed E-state index contributed by atoms with van der Waals surface area (Å²) in [6, 6.07) is 9.31. The molecule has 4 aliphatic carbocycles. The van der Waals surface area contributed by atoms with Gasteiger partial charge in [-0.3, -0.25) is 9.69 Å². The first-order valence-electron chi connectivity index (χ1n) is 13.3. The van der Waals surface area contributed by atoms with Crippen molar-refractivity contribution in [2.45, 2.75) is 45.1 Å². The summed E-state index contributed by atoms with van der Waals surface area (Å²) in [5, 5.41) is 0. The Hall–Kier alpha value is -2.78. The zero-order valence-corrected chi connectivity index (χ0v) is 23.1. The molecule has 4 bridgehead atoms. The van der Waals surface area contributed by atoms with Gasteiger partial charge in [-0.15, -0.1) is 0 Å². The van der Waals surface area contributed by atoms with E-state index >= 15 is 0 Å². The fourth-order valence-corrected chi connectivity index (χ4v) is 8.38. The van der Waals surface area contributed by atoms with E-state index in [4.69, 9.17) is 30.8 Å². The normalized spacial score (nSPS) is 28.8. The highest BCUT2D eigenvalue weighted by atomic mass is 32.2. The van der Waals surface area contributed by atoms with E-state index in [2.05, 4.69) is 0 Å². The van der Waals surface area contributed by atoms with Crippen molar-refractivity contribution in [2.75, 3.05) is 20.3 Å². The van der Waals surface area contributed by atoms with E-state index < -0.39 is 5.97 Å². The van der Waals surface area contributed by atoms with E-state index in [1.165, 1.54) is 51.0 Å². The summed E-state index contributed by atoms with van der Waals surface area (Å²) in [5.74, 6) is 4.51. The molecule has 2 aromatic rings. The van der Waals surface area contributed by atoms with Gasteiger partial charge < -0.3 is 18.6 Å². The van der Waals surface area contributed by atoms with Gasteiger partial charge in [0.2, 0.25) is 0 Å². The molecule has 0 radical (unpaired) electrons. The molecule has 5 aliphatic rings. The van der Waals surface area contributed by atoms with Gasteiger partial charge in [0, 0.05) is 17.7 Å². The lowest BCUT2D eigenvalue weighted by atomic mass is 9.54. The molecule has 7 rings (SSSR count). The molecule has 7 nitrogen and oxygen atoms in total. The van der Waals surface area contributed by atoms with Gasteiger partial charge in [0.15, 0.2) is 18.1 Å². The average Bonchev–Trinajstić information content (AvgIpc) is 3.47. The summed E-state index contributed by atoms with van der Waals surface area (Å²) in [5.41, 5.74) is 0.755. The first-order valence-corrected chi connectivity index (χ1v) is 14.5. The van der Waals surface area contributed by atoms with Gasteiger partial charge in [-0.25, -0.2) is 4.79 Å². The summed E-state index contributed by atoms with van der Waals surface area (Å²) in [4.78, 5) is 27.8. The second-order valence-electron chi connectivity index (χ2n) is 10.6. The summed E-state index contributed by atoms with van der Waals surface area (Å²) < 4.78 is 22.7. The smallest absolute Gasteiger partial charge is 0.344 e. The van der Waals surface area contributed by atoms with Crippen molar-refractivity contribution in [1.29, 1.82) is 0 Å². The third kappa shape index (κ3) is 4.75. The first-order chi connectivity index (χ1) is 18.4. The Morgan fingerprint density at radius 1 is 1.11 bits per heavy atom. The summed E-state index contributed by atoms with van der Waals surface area (Å²) >= 11 is 7.10. The summed E-state index contributed by atoms with van der Waals surface area (Å²) in [6.07, 6.45) is 8.13. The Kier molecular flexibility index (Phi) is 6.99. The van der Waals surface area contributed by atoms with Crippen molar-refractivity contribution in [3.63, 3.8) is 0 Å². The van der Waals surface area contributed by atoms with Crippen LogP contribution in [0.15, 0.2) is 39.7 Å². The molecular formula is C29H31NO6S2. The van der Waals surface area contributed by atoms with Gasteiger partial charge >= 0.3 is 5.97 Å². The van der Waals surface area contributed by atoms with E-state index in [-0.39, 0.29) is 25.2 Å². The van der Waals surface area contributed by atoms with Crippen molar-refractivity contribution in [3.8, 4) is 22.8 Å². The molecular weight excluding hydrogens is 522 g/mol. The fraction of sp³-hybridized carbons (Fsp3) is 0.483. The van der Waals surface area contributed by atoms with Crippen LogP contribution in [0.5, 0.6) is 11.5 Å². The first kappa shape index (κ1) is 25.5. The fourth-order valence-electron chi connectivity index (χ4n) is 7.05. The topological polar surface area (TPSA) is 78.2 Å². The van der Waals surface area contributed by atoms with Crippen LogP contribution in [0.4, 0.5) is 0 Å². The number of ether oxygens (including phenoxy) is 3. The Bertz CT molecular complexity index is 1270. The minimum atomic E-state index is -0.453. The number of furan rings is 1. The van der Waals surface area contributed by atoms with Crippen molar-refractivity contribution in [2.24, 2.45) is 23.7 Å². The lowest BCUT2D eigenvalue weighted by Crippen LogP contribution is -2.57. The van der Waals surface area contributed by atoms with Gasteiger partial charge in [-0.05, 0) is 93.0 Å². The number of carbonyl (C=O) groups excluding carboxylic acids is 2. The Labute approximate surface area is 231 Å². The SMILES string of the molecule is CCOC(=O)COc1cc(-c2ccc(/C=C3\SC(=S)N(C4C5CC6CC(C5)CC4C6)C3=O)o2)ccc1OC. The predicted molar refractivity (Wildman–Crippen MR) is 149 cm³/mol. The molecule has 9 heteroatoms. The third-order valence-corrected chi connectivity index (χ3v) is 9.63. The molecule has 5 fully saturated rings. The molecule has 1 aliphatic heterocycles. The quantitative estimate of drug-likeness (QED) is 0.226. The molecule has 1 aromatic carbocycles. The monoisotopic (exact) mass is 553 g/mol. The van der Waals surface area contributed by atoms with Gasteiger partial charge in [0.25, 0.3) is 5.91 Å². The van der Waals surface area contributed by atoms with Crippen LogP contribution in [0.1, 0.15) is 44.8 Å². The van der Waals surface area contributed by atoms with Crippen LogP contribution >= 0.6 is 24.0 Å². The Balaban J connectivity index is 1.19. The molecule has 1 saturated heterocycles. The summed E-state index contributed by atoms with van der Waals surface area (Å²) in [6.45, 7) is 1.81. The van der Waals surface area contributed by atoms with Crippen LogP contribution in [0.2, 0.25) is 0 Å². The largest absolute Gasteiger partial charge is 0.493 e. The highest BCUT2D eigenvalue weighted by Gasteiger charge is 2.53. The molecule has 0 unspecified atom stereocenters.